The zero-order valence-corrected chi connectivity index (χ0v) is 14.6. The number of benzene rings is 1. The number of piperidine rings is 1. The Labute approximate surface area is 147 Å². The van der Waals surface area contributed by atoms with Crippen molar-refractivity contribution in [3.05, 3.63) is 35.4 Å². The van der Waals surface area contributed by atoms with E-state index in [1.54, 1.807) is 17.0 Å². The Morgan fingerprint density at radius 1 is 0.920 bits per heavy atom. The van der Waals surface area contributed by atoms with Crippen LogP contribution in [0.25, 0.3) is 0 Å². The van der Waals surface area contributed by atoms with Gasteiger partial charge in [-0.1, -0.05) is 29.8 Å². The SMILES string of the molecule is Cc1ccc(C(=O)C(=O)N2CCC(C(=O)N3CCOCC3)CC2)cc1. The fourth-order valence-corrected chi connectivity index (χ4v) is 3.34. The Balaban J connectivity index is 1.54. The van der Waals surface area contributed by atoms with Gasteiger partial charge < -0.3 is 14.5 Å². The number of morpholine rings is 1. The van der Waals surface area contributed by atoms with Crippen LogP contribution >= 0.6 is 0 Å². The molecule has 2 amide bonds. The van der Waals surface area contributed by atoms with Crippen molar-refractivity contribution in [3.63, 3.8) is 0 Å². The van der Waals surface area contributed by atoms with Gasteiger partial charge >= 0.3 is 0 Å². The molecule has 0 spiro atoms. The highest BCUT2D eigenvalue weighted by molar-refractivity contribution is 6.42. The van der Waals surface area contributed by atoms with E-state index < -0.39 is 11.7 Å². The summed E-state index contributed by atoms with van der Waals surface area (Å²) in [6, 6.07) is 7.02. The van der Waals surface area contributed by atoms with E-state index >= 15 is 0 Å². The number of amides is 2. The number of aryl methyl sites for hydroxylation is 1. The molecule has 6 nitrogen and oxygen atoms in total. The zero-order chi connectivity index (χ0) is 17.8. The third kappa shape index (κ3) is 4.07. The largest absolute Gasteiger partial charge is 0.378 e. The number of carbonyl (C=O) groups is 3. The number of hydrogen-bond donors (Lipinski definition) is 0. The van der Waals surface area contributed by atoms with Gasteiger partial charge in [-0.25, -0.2) is 0 Å². The highest BCUT2D eigenvalue weighted by atomic mass is 16.5. The summed E-state index contributed by atoms with van der Waals surface area (Å²) in [7, 11) is 0. The number of carbonyl (C=O) groups excluding carboxylic acids is 3. The average Bonchev–Trinajstić information content (AvgIpc) is 2.67. The van der Waals surface area contributed by atoms with Crippen molar-refractivity contribution in [2.75, 3.05) is 39.4 Å². The van der Waals surface area contributed by atoms with Crippen molar-refractivity contribution >= 4 is 17.6 Å². The van der Waals surface area contributed by atoms with Crippen molar-refractivity contribution in [2.45, 2.75) is 19.8 Å². The third-order valence-electron chi connectivity index (χ3n) is 4.96. The number of nitrogens with zero attached hydrogens (tertiary/aromatic N) is 2. The number of rotatable bonds is 3. The summed E-state index contributed by atoms with van der Waals surface area (Å²) in [5.74, 6) is -0.851. The molecule has 134 valence electrons. The standard InChI is InChI=1S/C19H24N2O4/c1-14-2-4-15(5-3-14)17(22)19(24)20-8-6-16(7-9-20)18(23)21-10-12-25-13-11-21/h2-5,16H,6-13H2,1H3. The lowest BCUT2D eigenvalue weighted by molar-refractivity contribution is -0.142. The molecule has 0 N–H and O–H groups in total. The monoisotopic (exact) mass is 344 g/mol. The van der Waals surface area contributed by atoms with E-state index in [-0.39, 0.29) is 11.8 Å². The summed E-state index contributed by atoms with van der Waals surface area (Å²) in [5.41, 5.74) is 1.47. The van der Waals surface area contributed by atoms with E-state index in [0.29, 0.717) is 57.8 Å². The van der Waals surface area contributed by atoms with Gasteiger partial charge in [0.1, 0.15) is 0 Å². The Bertz CT molecular complexity index is 642. The van der Waals surface area contributed by atoms with Crippen LogP contribution in [0.15, 0.2) is 24.3 Å². The fourth-order valence-electron chi connectivity index (χ4n) is 3.34. The van der Waals surface area contributed by atoms with Gasteiger partial charge in [0.05, 0.1) is 13.2 Å². The lowest BCUT2D eigenvalue weighted by Crippen LogP contribution is -2.48. The van der Waals surface area contributed by atoms with Crippen LogP contribution in [0, 0.1) is 12.8 Å². The Kier molecular flexibility index (Phi) is 5.48. The molecule has 25 heavy (non-hydrogen) atoms. The van der Waals surface area contributed by atoms with Gasteiger partial charge in [-0.2, -0.15) is 0 Å². The minimum absolute atomic E-state index is 0.0587. The number of likely N-dealkylation sites (tertiary alicyclic amines) is 1. The predicted octanol–water partition coefficient (Wildman–Crippen LogP) is 1.28. The molecule has 2 aliphatic heterocycles. The second-order valence-corrected chi connectivity index (χ2v) is 6.70. The maximum absolute atomic E-state index is 12.5. The molecule has 1 aromatic carbocycles. The molecule has 0 aromatic heterocycles. The quantitative estimate of drug-likeness (QED) is 0.612. The molecule has 1 aromatic rings. The summed E-state index contributed by atoms with van der Waals surface area (Å²) >= 11 is 0. The Morgan fingerprint density at radius 3 is 2.12 bits per heavy atom. The first kappa shape index (κ1) is 17.6. The highest BCUT2D eigenvalue weighted by Gasteiger charge is 2.32. The molecule has 6 heteroatoms. The van der Waals surface area contributed by atoms with Crippen LogP contribution in [0.2, 0.25) is 0 Å². The molecule has 0 bridgehead atoms. The molecular formula is C19H24N2O4. The molecule has 2 aliphatic rings. The van der Waals surface area contributed by atoms with E-state index in [9.17, 15) is 14.4 Å². The smallest absolute Gasteiger partial charge is 0.294 e. The number of Topliss-reactive ketones (excluding diaryl/α,β-unsaturated/α-hetero) is 1. The van der Waals surface area contributed by atoms with E-state index in [0.717, 1.165) is 5.56 Å². The van der Waals surface area contributed by atoms with E-state index in [1.807, 2.05) is 24.0 Å². The van der Waals surface area contributed by atoms with Crippen molar-refractivity contribution < 1.29 is 19.1 Å². The summed E-state index contributed by atoms with van der Waals surface area (Å²) in [4.78, 5) is 40.7. The van der Waals surface area contributed by atoms with Gasteiger partial charge in [-0.3, -0.25) is 14.4 Å². The molecular weight excluding hydrogens is 320 g/mol. The Hall–Kier alpha value is -2.21. The number of ketones is 1. The van der Waals surface area contributed by atoms with E-state index in [4.69, 9.17) is 4.74 Å². The second-order valence-electron chi connectivity index (χ2n) is 6.70. The molecule has 0 aliphatic carbocycles. The highest BCUT2D eigenvalue weighted by Crippen LogP contribution is 2.21. The van der Waals surface area contributed by atoms with Crippen molar-refractivity contribution in [2.24, 2.45) is 5.92 Å². The summed E-state index contributed by atoms with van der Waals surface area (Å²) in [5, 5.41) is 0. The minimum atomic E-state index is -0.474. The molecule has 0 radical (unpaired) electrons. The predicted molar refractivity (Wildman–Crippen MR) is 92.2 cm³/mol. The molecule has 2 saturated heterocycles. The van der Waals surface area contributed by atoms with Crippen molar-refractivity contribution in [1.29, 1.82) is 0 Å². The van der Waals surface area contributed by atoms with Crippen molar-refractivity contribution in [3.8, 4) is 0 Å². The van der Waals surface area contributed by atoms with Crippen LogP contribution in [-0.4, -0.2) is 66.8 Å². The van der Waals surface area contributed by atoms with Gasteiger partial charge in [0.15, 0.2) is 0 Å². The van der Waals surface area contributed by atoms with Crippen LogP contribution in [0.1, 0.15) is 28.8 Å². The maximum Gasteiger partial charge on any atom is 0.294 e. The first-order valence-corrected chi connectivity index (χ1v) is 8.83. The van der Waals surface area contributed by atoms with Gasteiger partial charge in [-0.05, 0) is 19.8 Å². The van der Waals surface area contributed by atoms with Crippen LogP contribution in [0.4, 0.5) is 0 Å². The first-order chi connectivity index (χ1) is 12.1. The normalized spacial score (nSPS) is 18.9. The van der Waals surface area contributed by atoms with Crippen LogP contribution in [0.5, 0.6) is 0 Å². The molecule has 0 unspecified atom stereocenters. The molecule has 0 atom stereocenters. The van der Waals surface area contributed by atoms with E-state index in [2.05, 4.69) is 0 Å². The number of hydrogen-bond acceptors (Lipinski definition) is 4. The summed E-state index contributed by atoms with van der Waals surface area (Å²) < 4.78 is 5.28. The fraction of sp³-hybridized carbons (Fsp3) is 0.526. The minimum Gasteiger partial charge on any atom is -0.378 e. The summed E-state index contributed by atoms with van der Waals surface area (Å²) in [6.45, 7) is 5.32. The van der Waals surface area contributed by atoms with Gasteiger partial charge in [-0.15, -0.1) is 0 Å². The molecule has 2 heterocycles. The third-order valence-corrected chi connectivity index (χ3v) is 4.96. The van der Waals surface area contributed by atoms with Gasteiger partial charge in [0.25, 0.3) is 5.91 Å². The lowest BCUT2D eigenvalue weighted by Gasteiger charge is -2.35. The van der Waals surface area contributed by atoms with Crippen LogP contribution in [-0.2, 0) is 14.3 Å². The van der Waals surface area contributed by atoms with E-state index in [1.165, 1.54) is 0 Å². The topological polar surface area (TPSA) is 66.9 Å². The maximum atomic E-state index is 12.5. The van der Waals surface area contributed by atoms with Gasteiger partial charge in [0.2, 0.25) is 11.7 Å². The molecule has 2 fully saturated rings. The lowest BCUT2D eigenvalue weighted by atomic mass is 9.94. The van der Waals surface area contributed by atoms with Crippen LogP contribution in [0.3, 0.4) is 0 Å². The van der Waals surface area contributed by atoms with Crippen LogP contribution < -0.4 is 0 Å². The second kappa shape index (κ2) is 7.78. The first-order valence-electron chi connectivity index (χ1n) is 8.83. The van der Waals surface area contributed by atoms with Gasteiger partial charge in [0, 0.05) is 37.7 Å². The average molecular weight is 344 g/mol. The molecule has 0 saturated carbocycles. The van der Waals surface area contributed by atoms with Crippen molar-refractivity contribution in [1.82, 2.24) is 9.80 Å². The Morgan fingerprint density at radius 2 is 1.52 bits per heavy atom. The molecule has 3 rings (SSSR count). The zero-order valence-electron chi connectivity index (χ0n) is 14.6. The summed E-state index contributed by atoms with van der Waals surface area (Å²) in [6.07, 6.45) is 1.23. The number of ether oxygens (including phenoxy) is 1.